The third-order valence-corrected chi connectivity index (χ3v) is 4.96. The number of hydrogen-bond donors (Lipinski definition) is 1. The van der Waals surface area contributed by atoms with Crippen molar-refractivity contribution in [3.05, 3.63) is 48.7 Å². The van der Waals surface area contributed by atoms with Gasteiger partial charge in [0.05, 0.1) is 11.9 Å². The SMILES string of the molecule is O=C(/N=[SH](=O)/CCOc1ccc2ncc(-c3cc4ccccc4o3)n2n1)C(F)(F)F. The van der Waals surface area contributed by atoms with Gasteiger partial charge in [0.15, 0.2) is 11.4 Å². The first kappa shape index (κ1) is 19.9. The van der Waals surface area contributed by atoms with Crippen LogP contribution in [0, 0.1) is 0 Å². The molecule has 4 rings (SSSR count). The number of hydrogen-bond acceptors (Lipinski definition) is 6. The van der Waals surface area contributed by atoms with Crippen molar-refractivity contribution in [2.75, 3.05) is 12.4 Å². The van der Waals surface area contributed by atoms with Crippen molar-refractivity contribution in [1.29, 1.82) is 0 Å². The summed E-state index contributed by atoms with van der Waals surface area (Å²) in [7, 11) is -2.74. The maximum absolute atomic E-state index is 12.1. The second kappa shape index (κ2) is 7.78. The standard InChI is InChI=1S/C18H13F3N4O4S/c19-18(20,21)17(26)24-30(27)8-7-28-16-6-5-15-22-10-12(25(15)23-16)14-9-11-3-1-2-4-13(11)29-14/h1-6,9-10,30H,7-8H2. The Morgan fingerprint density at radius 1 is 1.23 bits per heavy atom. The zero-order valence-electron chi connectivity index (χ0n) is 15.0. The lowest BCUT2D eigenvalue weighted by molar-refractivity contribution is -0.169. The van der Waals surface area contributed by atoms with Gasteiger partial charge in [-0.3, -0.25) is 9.00 Å². The molecule has 0 aliphatic rings. The Kier molecular flexibility index (Phi) is 5.16. The summed E-state index contributed by atoms with van der Waals surface area (Å²) in [4.78, 5) is 15.0. The molecule has 30 heavy (non-hydrogen) atoms. The monoisotopic (exact) mass is 438 g/mol. The van der Waals surface area contributed by atoms with Crippen LogP contribution in [0.25, 0.3) is 28.1 Å². The van der Waals surface area contributed by atoms with Crippen molar-refractivity contribution >= 4 is 33.1 Å². The van der Waals surface area contributed by atoms with Crippen LogP contribution in [-0.2, 0) is 15.4 Å². The highest BCUT2D eigenvalue weighted by Gasteiger charge is 2.38. The van der Waals surface area contributed by atoms with Crippen LogP contribution < -0.4 is 4.74 Å². The van der Waals surface area contributed by atoms with E-state index in [1.165, 1.54) is 10.6 Å². The van der Waals surface area contributed by atoms with E-state index in [9.17, 15) is 22.2 Å². The summed E-state index contributed by atoms with van der Waals surface area (Å²) in [5.41, 5.74) is 1.80. The summed E-state index contributed by atoms with van der Waals surface area (Å²) in [6.45, 7) is -0.239. The number of para-hydroxylation sites is 1. The minimum absolute atomic E-state index is 0.128. The van der Waals surface area contributed by atoms with E-state index in [4.69, 9.17) is 9.15 Å². The number of nitrogens with zero attached hydrogens (tertiary/aromatic N) is 4. The summed E-state index contributed by atoms with van der Waals surface area (Å²) in [5.74, 6) is -2.07. The Morgan fingerprint density at radius 3 is 2.80 bits per heavy atom. The number of thiol groups is 1. The van der Waals surface area contributed by atoms with Gasteiger partial charge >= 0.3 is 12.1 Å². The molecule has 0 aliphatic carbocycles. The molecular formula is C18H13F3N4O4S. The third kappa shape index (κ3) is 4.13. The molecule has 0 fully saturated rings. The quantitative estimate of drug-likeness (QED) is 0.480. The summed E-state index contributed by atoms with van der Waals surface area (Å²) in [5, 5.41) is 5.19. The van der Waals surface area contributed by atoms with Gasteiger partial charge in [-0.15, -0.1) is 5.10 Å². The maximum atomic E-state index is 12.1. The first-order chi connectivity index (χ1) is 14.3. The van der Waals surface area contributed by atoms with E-state index < -0.39 is 22.7 Å². The zero-order valence-corrected chi connectivity index (χ0v) is 15.9. The predicted molar refractivity (Wildman–Crippen MR) is 102 cm³/mol. The highest BCUT2D eigenvalue weighted by Crippen LogP contribution is 2.28. The number of rotatable bonds is 5. The van der Waals surface area contributed by atoms with Crippen molar-refractivity contribution in [1.82, 2.24) is 14.6 Å². The number of carbonyl (C=O) groups is 1. The lowest BCUT2D eigenvalue weighted by Gasteiger charge is -2.05. The van der Waals surface area contributed by atoms with Crippen molar-refractivity contribution in [3.63, 3.8) is 0 Å². The fourth-order valence-electron chi connectivity index (χ4n) is 2.65. The highest BCUT2D eigenvalue weighted by molar-refractivity contribution is 7.75. The van der Waals surface area contributed by atoms with Gasteiger partial charge in [-0.2, -0.15) is 17.5 Å². The van der Waals surface area contributed by atoms with E-state index in [1.807, 2.05) is 30.3 Å². The van der Waals surface area contributed by atoms with E-state index in [0.29, 0.717) is 22.7 Å². The first-order valence-corrected chi connectivity index (χ1v) is 9.95. The zero-order chi connectivity index (χ0) is 21.3. The number of alkyl halides is 3. The summed E-state index contributed by atoms with van der Waals surface area (Å²) >= 11 is 0. The van der Waals surface area contributed by atoms with Gasteiger partial charge in [0.1, 0.15) is 17.9 Å². The Hall–Kier alpha value is -3.41. The highest BCUT2D eigenvalue weighted by atomic mass is 32.2. The molecule has 0 spiro atoms. The molecule has 0 saturated heterocycles. The third-order valence-electron chi connectivity index (χ3n) is 3.99. The Balaban J connectivity index is 1.51. The largest absolute Gasteiger partial charge is 0.476 e. The normalized spacial score (nSPS) is 13.2. The summed E-state index contributed by atoms with van der Waals surface area (Å²) in [6.07, 6.45) is -3.56. The topological polar surface area (TPSA) is 99.1 Å². The van der Waals surface area contributed by atoms with Gasteiger partial charge in [-0.25, -0.2) is 9.50 Å². The maximum Gasteiger partial charge on any atom is 0.474 e. The van der Waals surface area contributed by atoms with Crippen LogP contribution >= 0.6 is 0 Å². The molecule has 0 saturated carbocycles. The van der Waals surface area contributed by atoms with Crippen molar-refractivity contribution in [2.24, 2.45) is 4.36 Å². The van der Waals surface area contributed by atoms with Crippen LogP contribution in [0.1, 0.15) is 0 Å². The van der Waals surface area contributed by atoms with Gasteiger partial charge in [0.25, 0.3) is 0 Å². The minimum Gasteiger partial charge on any atom is -0.476 e. The molecule has 12 heteroatoms. The molecule has 1 amide bonds. The Bertz CT molecular complexity index is 1290. The van der Waals surface area contributed by atoms with Crippen LogP contribution in [-0.4, -0.2) is 43.3 Å². The predicted octanol–water partition coefficient (Wildman–Crippen LogP) is 3.27. The number of furan rings is 1. The van der Waals surface area contributed by atoms with Crippen LogP contribution in [0.5, 0.6) is 5.88 Å². The van der Waals surface area contributed by atoms with E-state index >= 15 is 0 Å². The molecule has 8 nitrogen and oxygen atoms in total. The summed E-state index contributed by atoms with van der Waals surface area (Å²) in [6, 6.07) is 12.5. The molecule has 0 aliphatic heterocycles. The van der Waals surface area contributed by atoms with E-state index in [-0.39, 0.29) is 18.2 Å². The molecule has 3 aromatic heterocycles. The van der Waals surface area contributed by atoms with E-state index in [1.54, 1.807) is 12.3 Å². The second-order valence-electron chi connectivity index (χ2n) is 6.06. The number of carbonyl (C=O) groups excluding carboxylic acids is 1. The molecule has 0 bridgehead atoms. The molecule has 3 heterocycles. The average Bonchev–Trinajstić information content (AvgIpc) is 3.30. The molecular weight excluding hydrogens is 425 g/mol. The van der Waals surface area contributed by atoms with E-state index in [0.717, 1.165) is 5.39 Å². The van der Waals surface area contributed by atoms with Crippen LogP contribution in [0.3, 0.4) is 0 Å². The van der Waals surface area contributed by atoms with Gasteiger partial charge in [0.2, 0.25) is 5.88 Å². The van der Waals surface area contributed by atoms with Gasteiger partial charge < -0.3 is 9.15 Å². The van der Waals surface area contributed by atoms with Crippen molar-refractivity contribution in [3.8, 4) is 17.3 Å². The van der Waals surface area contributed by atoms with Gasteiger partial charge in [-0.05, 0) is 18.2 Å². The van der Waals surface area contributed by atoms with Gasteiger partial charge in [-0.1, -0.05) is 18.2 Å². The van der Waals surface area contributed by atoms with Crippen LogP contribution in [0.15, 0.2) is 57.4 Å². The second-order valence-corrected chi connectivity index (χ2v) is 7.41. The van der Waals surface area contributed by atoms with E-state index in [2.05, 4.69) is 14.4 Å². The minimum atomic E-state index is -5.15. The fourth-order valence-corrected chi connectivity index (χ4v) is 3.31. The molecule has 1 unspecified atom stereocenters. The lowest BCUT2D eigenvalue weighted by atomic mass is 10.2. The average molecular weight is 438 g/mol. The smallest absolute Gasteiger partial charge is 0.474 e. The summed E-state index contributed by atoms with van der Waals surface area (Å²) < 4.78 is 63.2. The molecule has 4 aromatic rings. The Morgan fingerprint density at radius 2 is 2.03 bits per heavy atom. The van der Waals surface area contributed by atoms with Crippen molar-refractivity contribution < 1.29 is 31.3 Å². The molecule has 1 aromatic carbocycles. The molecule has 156 valence electrons. The van der Waals surface area contributed by atoms with Crippen LogP contribution in [0.4, 0.5) is 13.2 Å². The molecule has 0 radical (unpaired) electrons. The number of aromatic nitrogens is 3. The molecule has 0 N–H and O–H groups in total. The number of imidazole rings is 1. The van der Waals surface area contributed by atoms with Crippen LogP contribution in [0.2, 0.25) is 0 Å². The molecule has 1 atom stereocenters. The number of fused-ring (bicyclic) bond motifs is 2. The lowest BCUT2D eigenvalue weighted by Crippen LogP contribution is -2.20. The number of amides is 1. The van der Waals surface area contributed by atoms with Crippen molar-refractivity contribution in [2.45, 2.75) is 6.18 Å². The first-order valence-electron chi connectivity index (χ1n) is 8.55. The number of ether oxygens (including phenoxy) is 1. The Labute approximate surface area is 168 Å². The van der Waals surface area contributed by atoms with Gasteiger partial charge in [0, 0.05) is 22.0 Å². The number of halogens is 3. The fraction of sp³-hybridized carbons (Fsp3) is 0.167. The number of benzene rings is 1.